The number of nitrogens with zero attached hydrogens (tertiary/aromatic N) is 2. The fourth-order valence-corrected chi connectivity index (χ4v) is 4.10. The molecule has 0 amide bonds. The summed E-state index contributed by atoms with van der Waals surface area (Å²) in [6.45, 7) is 4.65. The largest absolute Gasteiger partial charge is 0.324 e. The third-order valence-corrected chi connectivity index (χ3v) is 5.36. The standard InChI is InChI=1S/C16H20Cl2N2/c1-3-11-4-7-14(10(11)2)20-15-8-12(18)5-6-13(15)19-16(20)9-17/h5-6,8,10-11,14H,3-4,7,9H2,1-2H3. The first-order valence-electron chi connectivity index (χ1n) is 7.38. The Labute approximate surface area is 130 Å². The molecule has 2 aromatic rings. The Morgan fingerprint density at radius 2 is 2.15 bits per heavy atom. The predicted molar refractivity (Wildman–Crippen MR) is 85.5 cm³/mol. The molecule has 3 unspecified atom stereocenters. The van der Waals surface area contributed by atoms with Gasteiger partial charge < -0.3 is 4.57 Å². The molecule has 1 fully saturated rings. The van der Waals surface area contributed by atoms with E-state index in [-0.39, 0.29) is 0 Å². The molecule has 0 bridgehead atoms. The highest BCUT2D eigenvalue weighted by Crippen LogP contribution is 2.43. The van der Waals surface area contributed by atoms with E-state index in [2.05, 4.69) is 23.4 Å². The van der Waals surface area contributed by atoms with Crippen molar-refractivity contribution in [2.45, 2.75) is 45.0 Å². The van der Waals surface area contributed by atoms with Gasteiger partial charge >= 0.3 is 0 Å². The SMILES string of the molecule is CCC1CCC(n2c(CCl)nc3ccc(Cl)cc32)C1C. The Morgan fingerprint density at radius 3 is 2.80 bits per heavy atom. The van der Waals surface area contributed by atoms with Gasteiger partial charge in [0, 0.05) is 11.1 Å². The Balaban J connectivity index is 2.12. The minimum absolute atomic E-state index is 0.451. The second-order valence-corrected chi connectivity index (χ2v) is 6.54. The first-order chi connectivity index (χ1) is 9.65. The van der Waals surface area contributed by atoms with E-state index in [1.807, 2.05) is 18.2 Å². The molecule has 1 aliphatic rings. The summed E-state index contributed by atoms with van der Waals surface area (Å²) in [5, 5.41) is 0.762. The first kappa shape index (κ1) is 14.2. The van der Waals surface area contributed by atoms with E-state index in [1.165, 1.54) is 19.3 Å². The highest BCUT2D eigenvalue weighted by atomic mass is 35.5. The van der Waals surface area contributed by atoms with E-state index in [9.17, 15) is 0 Å². The Bertz CT molecular complexity index is 620. The summed E-state index contributed by atoms with van der Waals surface area (Å²) < 4.78 is 2.34. The lowest BCUT2D eigenvalue weighted by molar-refractivity contribution is 0.330. The van der Waals surface area contributed by atoms with Gasteiger partial charge in [0.1, 0.15) is 5.82 Å². The van der Waals surface area contributed by atoms with E-state index in [1.54, 1.807) is 0 Å². The van der Waals surface area contributed by atoms with Crippen molar-refractivity contribution in [2.24, 2.45) is 11.8 Å². The molecule has 1 aromatic carbocycles. The molecule has 3 atom stereocenters. The van der Waals surface area contributed by atoms with E-state index in [0.717, 1.165) is 27.8 Å². The number of imidazole rings is 1. The lowest BCUT2D eigenvalue weighted by atomic mass is 9.93. The monoisotopic (exact) mass is 310 g/mol. The summed E-state index contributed by atoms with van der Waals surface area (Å²) in [5.41, 5.74) is 2.12. The molecule has 0 N–H and O–H groups in total. The quantitative estimate of drug-likeness (QED) is 0.691. The highest BCUT2D eigenvalue weighted by molar-refractivity contribution is 6.31. The summed E-state index contributed by atoms with van der Waals surface area (Å²) in [6, 6.07) is 6.40. The van der Waals surface area contributed by atoms with Gasteiger partial charge in [0.15, 0.2) is 0 Å². The highest BCUT2D eigenvalue weighted by Gasteiger charge is 2.34. The summed E-state index contributed by atoms with van der Waals surface area (Å²) in [6.07, 6.45) is 3.76. The van der Waals surface area contributed by atoms with Crippen molar-refractivity contribution >= 4 is 34.2 Å². The van der Waals surface area contributed by atoms with Gasteiger partial charge in [0.2, 0.25) is 0 Å². The molecule has 20 heavy (non-hydrogen) atoms. The van der Waals surface area contributed by atoms with Crippen LogP contribution in [0.2, 0.25) is 5.02 Å². The fourth-order valence-electron chi connectivity index (χ4n) is 3.75. The van der Waals surface area contributed by atoms with Gasteiger partial charge in [0.05, 0.1) is 16.9 Å². The van der Waals surface area contributed by atoms with Crippen LogP contribution in [-0.2, 0) is 5.88 Å². The molecule has 2 nitrogen and oxygen atoms in total. The third kappa shape index (κ3) is 2.23. The van der Waals surface area contributed by atoms with Gasteiger partial charge in [-0.3, -0.25) is 0 Å². The topological polar surface area (TPSA) is 17.8 Å². The van der Waals surface area contributed by atoms with Gasteiger partial charge in [-0.05, 0) is 42.9 Å². The normalized spacial score (nSPS) is 26.5. The average Bonchev–Trinajstić information content (AvgIpc) is 2.98. The number of aromatic nitrogens is 2. The van der Waals surface area contributed by atoms with Crippen LogP contribution < -0.4 is 0 Å². The second-order valence-electron chi connectivity index (χ2n) is 5.84. The summed E-state index contributed by atoms with van der Waals surface area (Å²) in [5.74, 6) is 2.89. The molecule has 1 heterocycles. The average molecular weight is 311 g/mol. The zero-order valence-electron chi connectivity index (χ0n) is 11.9. The van der Waals surface area contributed by atoms with Gasteiger partial charge in [-0.2, -0.15) is 0 Å². The minimum Gasteiger partial charge on any atom is -0.324 e. The molecule has 0 saturated heterocycles. The second kappa shape index (κ2) is 5.57. The lowest BCUT2D eigenvalue weighted by Gasteiger charge is -2.23. The van der Waals surface area contributed by atoms with Crippen molar-refractivity contribution in [1.29, 1.82) is 0 Å². The lowest BCUT2D eigenvalue weighted by Crippen LogP contribution is -2.17. The zero-order valence-corrected chi connectivity index (χ0v) is 13.5. The van der Waals surface area contributed by atoms with E-state index < -0.39 is 0 Å². The van der Waals surface area contributed by atoms with E-state index in [4.69, 9.17) is 23.2 Å². The number of halogens is 2. The molecule has 3 rings (SSSR count). The molecule has 1 aliphatic carbocycles. The molecule has 0 spiro atoms. The van der Waals surface area contributed by atoms with Crippen molar-refractivity contribution in [3.05, 3.63) is 29.0 Å². The van der Waals surface area contributed by atoms with Crippen LogP contribution in [0.15, 0.2) is 18.2 Å². The van der Waals surface area contributed by atoms with Crippen LogP contribution in [0, 0.1) is 11.8 Å². The van der Waals surface area contributed by atoms with Gasteiger partial charge in [-0.1, -0.05) is 31.9 Å². The maximum absolute atomic E-state index is 6.17. The number of benzene rings is 1. The van der Waals surface area contributed by atoms with Crippen molar-refractivity contribution in [1.82, 2.24) is 9.55 Å². The third-order valence-electron chi connectivity index (χ3n) is 4.88. The Morgan fingerprint density at radius 1 is 1.35 bits per heavy atom. The fraction of sp³-hybridized carbons (Fsp3) is 0.562. The predicted octanol–water partition coefficient (Wildman–Crippen LogP) is 5.43. The summed E-state index contributed by atoms with van der Waals surface area (Å²) >= 11 is 12.3. The molecule has 1 saturated carbocycles. The summed E-state index contributed by atoms with van der Waals surface area (Å²) in [4.78, 5) is 4.67. The number of fused-ring (bicyclic) bond motifs is 1. The van der Waals surface area contributed by atoms with Crippen LogP contribution in [-0.4, -0.2) is 9.55 Å². The minimum atomic E-state index is 0.451. The summed E-state index contributed by atoms with van der Waals surface area (Å²) in [7, 11) is 0. The van der Waals surface area contributed by atoms with E-state index >= 15 is 0 Å². The van der Waals surface area contributed by atoms with Crippen LogP contribution in [0.3, 0.4) is 0 Å². The number of alkyl halides is 1. The van der Waals surface area contributed by atoms with Crippen LogP contribution in [0.25, 0.3) is 11.0 Å². The Hall–Kier alpha value is -0.730. The number of hydrogen-bond acceptors (Lipinski definition) is 1. The first-order valence-corrected chi connectivity index (χ1v) is 8.29. The van der Waals surface area contributed by atoms with Gasteiger partial charge in [-0.15, -0.1) is 11.6 Å². The van der Waals surface area contributed by atoms with Crippen molar-refractivity contribution in [2.75, 3.05) is 0 Å². The zero-order chi connectivity index (χ0) is 14.3. The molecule has 0 aliphatic heterocycles. The van der Waals surface area contributed by atoms with Crippen LogP contribution >= 0.6 is 23.2 Å². The van der Waals surface area contributed by atoms with Gasteiger partial charge in [0.25, 0.3) is 0 Å². The van der Waals surface area contributed by atoms with Gasteiger partial charge in [-0.25, -0.2) is 4.98 Å². The molecule has 0 radical (unpaired) electrons. The van der Waals surface area contributed by atoms with Crippen molar-refractivity contribution < 1.29 is 0 Å². The molecule has 1 aromatic heterocycles. The molecule has 4 heteroatoms. The van der Waals surface area contributed by atoms with Crippen LogP contribution in [0.5, 0.6) is 0 Å². The van der Waals surface area contributed by atoms with E-state index in [0.29, 0.717) is 17.8 Å². The molecule has 108 valence electrons. The van der Waals surface area contributed by atoms with Crippen molar-refractivity contribution in [3.63, 3.8) is 0 Å². The van der Waals surface area contributed by atoms with Crippen LogP contribution in [0.4, 0.5) is 0 Å². The molecular formula is C16H20Cl2N2. The maximum Gasteiger partial charge on any atom is 0.125 e. The molecular weight excluding hydrogens is 291 g/mol. The van der Waals surface area contributed by atoms with Crippen molar-refractivity contribution in [3.8, 4) is 0 Å². The smallest absolute Gasteiger partial charge is 0.125 e. The number of rotatable bonds is 3. The maximum atomic E-state index is 6.17. The van der Waals surface area contributed by atoms with Crippen LogP contribution in [0.1, 0.15) is 45.0 Å². The Kier molecular flexibility index (Phi) is 3.96. The number of hydrogen-bond donors (Lipinski definition) is 0.